The fraction of sp³-hybridized carbons (Fsp3) is 0.500. The van der Waals surface area contributed by atoms with Crippen LogP contribution in [0.15, 0.2) is 0 Å². The van der Waals surface area contributed by atoms with Gasteiger partial charge in [-0.2, -0.15) is 0 Å². The number of halogens is 12. The van der Waals surface area contributed by atoms with Gasteiger partial charge in [0.2, 0.25) is 0 Å². The molecule has 0 atom stereocenters. The highest BCUT2D eigenvalue weighted by molar-refractivity contribution is 5.77. The van der Waals surface area contributed by atoms with Crippen molar-refractivity contribution < 1.29 is 100 Å². The Hall–Kier alpha value is -3.36. The van der Waals surface area contributed by atoms with Crippen LogP contribution in [0.3, 0.4) is 0 Å². The first-order valence-corrected chi connectivity index (χ1v) is 5.53. The second-order valence-corrected chi connectivity index (χ2v) is 3.40. The van der Waals surface area contributed by atoms with Crippen molar-refractivity contribution in [1.82, 2.24) is 0 Å². The standard InChI is InChI=1S/2C4F6O5/c2*5-3(6,7)14-1(11)13-2(12)15-4(8,9)10. The van der Waals surface area contributed by atoms with Gasteiger partial charge in [-0.3, -0.25) is 0 Å². The van der Waals surface area contributed by atoms with E-state index in [-0.39, 0.29) is 0 Å². The summed E-state index contributed by atoms with van der Waals surface area (Å²) in [5.41, 5.74) is 0. The van der Waals surface area contributed by atoms with Crippen molar-refractivity contribution in [3.05, 3.63) is 0 Å². The maximum absolute atomic E-state index is 11.2. The van der Waals surface area contributed by atoms with Gasteiger partial charge in [0.25, 0.3) is 0 Å². The Balaban J connectivity index is 0. The van der Waals surface area contributed by atoms with Gasteiger partial charge < -0.3 is 28.4 Å². The Morgan fingerprint density at radius 2 is 0.500 bits per heavy atom. The summed E-state index contributed by atoms with van der Waals surface area (Å²) in [6, 6.07) is 0. The summed E-state index contributed by atoms with van der Waals surface area (Å²) in [6.07, 6.45) is -32.6. The van der Waals surface area contributed by atoms with Gasteiger partial charge in [-0.1, -0.05) is 0 Å². The Morgan fingerprint density at radius 3 is 0.600 bits per heavy atom. The minimum atomic E-state index is -5.48. The molecule has 30 heavy (non-hydrogen) atoms. The van der Waals surface area contributed by atoms with E-state index in [0.717, 1.165) is 0 Å². The zero-order valence-corrected chi connectivity index (χ0v) is 12.6. The van der Waals surface area contributed by atoms with Crippen molar-refractivity contribution in [3.63, 3.8) is 0 Å². The van der Waals surface area contributed by atoms with Gasteiger partial charge in [0.1, 0.15) is 0 Å². The molecule has 0 aromatic heterocycles. The lowest BCUT2D eigenvalue weighted by atomic mass is 11.1. The molecule has 176 valence electrons. The van der Waals surface area contributed by atoms with Gasteiger partial charge in [-0.15, -0.1) is 52.7 Å². The smallest absolute Gasteiger partial charge is 0.340 e. The Bertz CT molecular complexity index is 508. The third kappa shape index (κ3) is 22.7. The Labute approximate surface area is 152 Å². The van der Waals surface area contributed by atoms with Crippen molar-refractivity contribution in [2.75, 3.05) is 0 Å². The molecule has 0 saturated carbocycles. The third-order valence-electron chi connectivity index (χ3n) is 1.13. The van der Waals surface area contributed by atoms with Gasteiger partial charge in [-0.25, -0.2) is 19.2 Å². The summed E-state index contributed by atoms with van der Waals surface area (Å²) >= 11 is 0. The van der Waals surface area contributed by atoms with E-state index in [9.17, 15) is 71.9 Å². The minimum absolute atomic E-state index is 2.39. The molecule has 22 heteroatoms. The predicted molar refractivity (Wildman–Crippen MR) is 52.3 cm³/mol. The van der Waals surface area contributed by atoms with E-state index in [2.05, 4.69) is 28.4 Å². The lowest BCUT2D eigenvalue weighted by Gasteiger charge is -2.08. The molecule has 0 fully saturated rings. The highest BCUT2D eigenvalue weighted by atomic mass is 19.4. The van der Waals surface area contributed by atoms with E-state index < -0.39 is 50.1 Å². The van der Waals surface area contributed by atoms with Crippen LogP contribution in [0.25, 0.3) is 0 Å². The Kier molecular flexibility index (Phi) is 10.0. The van der Waals surface area contributed by atoms with E-state index in [4.69, 9.17) is 0 Å². The molecule has 0 aliphatic rings. The monoisotopic (exact) mass is 484 g/mol. The number of rotatable bonds is 0. The molecule has 0 heterocycles. The van der Waals surface area contributed by atoms with Crippen LogP contribution in [0, 0.1) is 0 Å². The summed E-state index contributed by atoms with van der Waals surface area (Å²) in [5, 5.41) is 0. The lowest BCUT2D eigenvalue weighted by molar-refractivity contribution is -0.309. The van der Waals surface area contributed by atoms with E-state index >= 15 is 0 Å². The molecule has 0 bridgehead atoms. The fourth-order valence-electron chi connectivity index (χ4n) is 0.597. The molecule has 0 N–H and O–H groups in total. The molecular weight excluding hydrogens is 484 g/mol. The van der Waals surface area contributed by atoms with Crippen LogP contribution in [0.4, 0.5) is 71.9 Å². The normalized spacial score (nSPS) is 11.9. The van der Waals surface area contributed by atoms with Gasteiger partial charge in [0.05, 0.1) is 0 Å². The summed E-state index contributed by atoms with van der Waals surface area (Å²) in [7, 11) is 0. The summed E-state index contributed by atoms with van der Waals surface area (Å²) < 4.78 is 150. The van der Waals surface area contributed by atoms with Crippen molar-refractivity contribution in [3.8, 4) is 0 Å². The van der Waals surface area contributed by atoms with Crippen molar-refractivity contribution in [1.29, 1.82) is 0 Å². The zero-order chi connectivity index (χ0) is 24.6. The predicted octanol–water partition coefficient (Wildman–Crippen LogP) is 4.63. The van der Waals surface area contributed by atoms with Crippen LogP contribution in [0.2, 0.25) is 0 Å². The summed E-state index contributed by atoms with van der Waals surface area (Å²) in [4.78, 5) is 39.7. The molecule has 0 aliphatic carbocycles. The average molecular weight is 484 g/mol. The largest absolute Gasteiger partial charge is 0.577 e. The fourth-order valence-corrected chi connectivity index (χ4v) is 0.597. The lowest BCUT2D eigenvalue weighted by Crippen LogP contribution is -2.26. The molecule has 0 saturated heterocycles. The van der Waals surface area contributed by atoms with E-state index in [0.29, 0.717) is 0 Å². The molecular formula is C8F12O10. The van der Waals surface area contributed by atoms with Crippen LogP contribution in [0.1, 0.15) is 0 Å². The summed E-state index contributed by atoms with van der Waals surface area (Å²) in [6.45, 7) is 0. The van der Waals surface area contributed by atoms with Crippen LogP contribution in [0.5, 0.6) is 0 Å². The molecule has 0 aromatic carbocycles. The molecule has 0 spiro atoms. The molecule has 0 rings (SSSR count). The molecule has 0 aliphatic heterocycles. The third-order valence-corrected chi connectivity index (χ3v) is 1.13. The van der Waals surface area contributed by atoms with Crippen LogP contribution in [-0.4, -0.2) is 50.1 Å². The first-order valence-electron chi connectivity index (χ1n) is 5.53. The molecule has 0 aromatic rings. The number of alkyl halides is 12. The molecule has 0 unspecified atom stereocenters. The number of carbonyl (C=O) groups is 4. The molecule has 0 radical (unpaired) electrons. The van der Waals surface area contributed by atoms with E-state index in [1.165, 1.54) is 0 Å². The minimum Gasteiger partial charge on any atom is -0.340 e. The van der Waals surface area contributed by atoms with Crippen LogP contribution in [-0.2, 0) is 28.4 Å². The van der Waals surface area contributed by atoms with Gasteiger partial charge in [0.15, 0.2) is 0 Å². The number of carbonyl (C=O) groups excluding carboxylic acids is 4. The summed E-state index contributed by atoms with van der Waals surface area (Å²) in [5.74, 6) is 0. The van der Waals surface area contributed by atoms with E-state index in [1.54, 1.807) is 0 Å². The maximum Gasteiger partial charge on any atom is 0.577 e. The maximum atomic E-state index is 11.2. The molecule has 10 nitrogen and oxygen atoms in total. The topological polar surface area (TPSA) is 124 Å². The first kappa shape index (κ1) is 28.8. The van der Waals surface area contributed by atoms with E-state index in [1.807, 2.05) is 0 Å². The van der Waals surface area contributed by atoms with Crippen molar-refractivity contribution >= 4 is 24.6 Å². The quantitative estimate of drug-likeness (QED) is 0.208. The Morgan fingerprint density at radius 1 is 0.367 bits per heavy atom. The van der Waals surface area contributed by atoms with Gasteiger partial charge >= 0.3 is 50.1 Å². The van der Waals surface area contributed by atoms with Crippen molar-refractivity contribution in [2.24, 2.45) is 0 Å². The number of ether oxygens (including phenoxy) is 6. The SMILES string of the molecule is O=C(OC(=O)OC(F)(F)F)OC(F)(F)F.O=C(OC(=O)OC(F)(F)F)OC(F)(F)F. The van der Waals surface area contributed by atoms with Gasteiger partial charge in [-0.05, 0) is 0 Å². The molecule has 0 amide bonds. The highest BCUT2D eigenvalue weighted by Gasteiger charge is 2.40. The average Bonchev–Trinajstić information content (AvgIpc) is 2.27. The van der Waals surface area contributed by atoms with Crippen molar-refractivity contribution in [2.45, 2.75) is 25.4 Å². The first-order chi connectivity index (χ1) is 13.0. The number of hydrogen-bond acceptors (Lipinski definition) is 10. The second-order valence-electron chi connectivity index (χ2n) is 3.40. The van der Waals surface area contributed by atoms with Crippen LogP contribution >= 0.6 is 0 Å². The highest BCUT2D eigenvalue weighted by Crippen LogP contribution is 2.20. The van der Waals surface area contributed by atoms with Gasteiger partial charge in [0, 0.05) is 0 Å². The number of hydrogen-bond donors (Lipinski definition) is 0. The zero-order valence-electron chi connectivity index (χ0n) is 12.6. The van der Waals surface area contributed by atoms with Crippen LogP contribution < -0.4 is 0 Å². The second kappa shape index (κ2) is 10.4.